The molecule has 0 radical (unpaired) electrons. The second-order valence-electron chi connectivity index (χ2n) is 5.00. The number of halogens is 1. The van der Waals surface area contributed by atoms with E-state index in [0.29, 0.717) is 6.42 Å². The average Bonchev–Trinajstić information content (AvgIpc) is 2.56. The number of carboxylic acid groups (broad SMARTS) is 1. The number of hydrogen-bond acceptors (Lipinski definition) is 4. The van der Waals surface area contributed by atoms with E-state index in [1.54, 1.807) is 19.9 Å². The quantitative estimate of drug-likeness (QED) is 0.355. The third-order valence-electron chi connectivity index (χ3n) is 3.47. The van der Waals surface area contributed by atoms with Gasteiger partial charge in [-0.3, -0.25) is 9.69 Å². The molecule has 0 unspecified atom stereocenters. The molecular weight excluding hydrogens is 334 g/mol. The Bertz CT molecular complexity index is 441. The van der Waals surface area contributed by atoms with Crippen LogP contribution >= 0.6 is 27.7 Å². The highest BCUT2D eigenvalue weighted by Crippen LogP contribution is 2.58. The smallest absolute Gasteiger partial charge is 0.359 e. The molecule has 19 heavy (non-hydrogen) atoms. The summed E-state index contributed by atoms with van der Waals surface area (Å²) in [6.07, 6.45) is 2.20. The molecule has 2 aliphatic rings. The molecule has 0 aliphatic carbocycles. The Kier molecular flexibility index (Phi) is 3.75. The Labute approximate surface area is 124 Å². The largest absolute Gasteiger partial charge is 0.478 e. The number of hydrogen-bond donors (Lipinski definition) is 1. The van der Waals surface area contributed by atoms with E-state index in [2.05, 4.69) is 22.5 Å². The molecular formula is C12H16BrNO4S. The van der Waals surface area contributed by atoms with Gasteiger partial charge in [-0.05, 0) is 20.3 Å². The minimum atomic E-state index is -1.60. The van der Waals surface area contributed by atoms with Crippen molar-refractivity contribution in [1.82, 2.24) is 4.90 Å². The lowest BCUT2D eigenvalue weighted by atomic mass is 9.93. The van der Waals surface area contributed by atoms with Gasteiger partial charge in [0.2, 0.25) is 5.91 Å². The number of thioether (sulfide) groups is 1. The zero-order chi connectivity index (χ0) is 14.4. The molecule has 1 N–H and O–H groups in total. The number of carbonyl (C=O) groups is 2. The van der Waals surface area contributed by atoms with Crippen molar-refractivity contribution in [2.45, 2.75) is 40.9 Å². The van der Waals surface area contributed by atoms with Gasteiger partial charge in [0, 0.05) is 0 Å². The van der Waals surface area contributed by atoms with E-state index < -0.39 is 16.4 Å². The number of fused-ring (bicyclic) bond motifs is 1. The Morgan fingerprint density at radius 3 is 2.84 bits per heavy atom. The van der Waals surface area contributed by atoms with Crippen molar-refractivity contribution >= 4 is 39.6 Å². The van der Waals surface area contributed by atoms with Crippen molar-refractivity contribution in [3.63, 3.8) is 0 Å². The Hall–Kier alpha value is -0.530. The van der Waals surface area contributed by atoms with E-state index in [4.69, 9.17) is 4.74 Å². The predicted molar refractivity (Wildman–Crippen MR) is 76.2 cm³/mol. The van der Waals surface area contributed by atoms with Crippen molar-refractivity contribution < 1.29 is 19.4 Å². The van der Waals surface area contributed by atoms with Crippen molar-refractivity contribution in [2.75, 3.05) is 6.61 Å². The average molecular weight is 350 g/mol. The first-order valence-corrected chi connectivity index (χ1v) is 7.72. The van der Waals surface area contributed by atoms with Crippen LogP contribution in [0.2, 0.25) is 0 Å². The zero-order valence-corrected chi connectivity index (χ0v) is 13.2. The van der Waals surface area contributed by atoms with Crippen molar-refractivity contribution in [3.05, 3.63) is 12.7 Å². The molecule has 5 nitrogen and oxygen atoms in total. The van der Waals surface area contributed by atoms with Crippen LogP contribution in [-0.2, 0) is 14.3 Å². The number of rotatable bonds is 5. The van der Waals surface area contributed by atoms with E-state index >= 15 is 0 Å². The van der Waals surface area contributed by atoms with Crippen LogP contribution in [0.1, 0.15) is 20.3 Å². The number of aliphatic carboxylic acids is 1. The number of carbonyl (C=O) groups excluding carboxylic acids is 1. The topological polar surface area (TPSA) is 66.8 Å². The highest BCUT2D eigenvalue weighted by Gasteiger charge is 2.73. The number of amides is 1. The van der Waals surface area contributed by atoms with Crippen LogP contribution in [-0.4, -0.2) is 49.2 Å². The molecule has 0 bridgehead atoms. The van der Waals surface area contributed by atoms with Gasteiger partial charge in [0.25, 0.3) is 5.72 Å². The van der Waals surface area contributed by atoms with Gasteiger partial charge >= 0.3 is 5.97 Å². The molecule has 0 aromatic heterocycles. The van der Waals surface area contributed by atoms with Crippen LogP contribution in [0.4, 0.5) is 0 Å². The zero-order valence-electron chi connectivity index (χ0n) is 10.8. The number of β-lactam (4-membered cyclic amide) rings is 1. The molecule has 2 fully saturated rings. The monoisotopic (exact) mass is 349 g/mol. The maximum absolute atomic E-state index is 12.0. The number of alkyl halides is 1. The van der Waals surface area contributed by atoms with Crippen LogP contribution in [0.5, 0.6) is 0 Å². The normalized spacial score (nSPS) is 35.7. The van der Waals surface area contributed by atoms with Crippen molar-refractivity contribution in [1.29, 1.82) is 0 Å². The van der Waals surface area contributed by atoms with Gasteiger partial charge in [0.05, 0.1) is 11.4 Å². The molecule has 0 aromatic rings. The first-order chi connectivity index (χ1) is 8.79. The minimum Gasteiger partial charge on any atom is -0.478 e. The summed E-state index contributed by atoms with van der Waals surface area (Å²) < 4.78 is 4.93. The van der Waals surface area contributed by atoms with Crippen molar-refractivity contribution in [3.8, 4) is 0 Å². The maximum atomic E-state index is 12.0. The fourth-order valence-corrected chi connectivity index (χ4v) is 4.89. The first-order valence-electron chi connectivity index (χ1n) is 5.93. The third kappa shape index (κ3) is 1.86. The molecule has 7 heteroatoms. The molecule has 106 valence electrons. The van der Waals surface area contributed by atoms with Crippen LogP contribution in [0.3, 0.4) is 0 Å². The lowest BCUT2D eigenvalue weighted by Gasteiger charge is -2.47. The lowest BCUT2D eigenvalue weighted by molar-refractivity contribution is -0.214. The van der Waals surface area contributed by atoms with Gasteiger partial charge < -0.3 is 9.84 Å². The molecule has 0 spiro atoms. The van der Waals surface area contributed by atoms with E-state index in [0.717, 1.165) is 0 Å². The summed E-state index contributed by atoms with van der Waals surface area (Å²) >= 11 is 4.74. The van der Waals surface area contributed by atoms with Crippen LogP contribution in [0.15, 0.2) is 12.7 Å². The molecule has 0 aromatic carbocycles. The second kappa shape index (κ2) is 4.79. The molecule has 2 saturated heterocycles. The van der Waals surface area contributed by atoms with Gasteiger partial charge in [-0.2, -0.15) is 0 Å². The maximum Gasteiger partial charge on any atom is 0.359 e. The minimum absolute atomic E-state index is 0.192. The number of nitrogens with zero attached hydrogens (tertiary/aromatic N) is 1. The summed E-state index contributed by atoms with van der Waals surface area (Å²) in [4.78, 5) is 24.8. The summed E-state index contributed by atoms with van der Waals surface area (Å²) in [6.45, 7) is 7.40. The summed E-state index contributed by atoms with van der Waals surface area (Å²) in [7, 11) is 0. The Morgan fingerprint density at radius 1 is 1.68 bits per heavy atom. The highest BCUT2D eigenvalue weighted by molar-refractivity contribution is 9.10. The van der Waals surface area contributed by atoms with Gasteiger partial charge in [-0.15, -0.1) is 18.3 Å². The van der Waals surface area contributed by atoms with E-state index in [1.165, 1.54) is 16.7 Å². The van der Waals surface area contributed by atoms with Crippen molar-refractivity contribution in [2.24, 2.45) is 0 Å². The summed E-state index contributed by atoms with van der Waals surface area (Å²) in [6, 6.07) is 0. The standard InChI is InChI=1S/C12H16BrNO4S/c1-4-5-6-18-12(10(16)17)11(2,3)19-9-7(13)8(15)14(9)12/h4,7,9H,1,5-6H2,2-3H3,(H,16,17)/t7-,9+,12+/m0/s1. The van der Waals surface area contributed by atoms with Crippen LogP contribution in [0.25, 0.3) is 0 Å². The SMILES string of the molecule is C=CCCO[C@@]1(C(=O)O)N2C(=O)[C@H](Br)[C@H]2SC1(C)C. The van der Waals surface area contributed by atoms with Gasteiger partial charge in [0.1, 0.15) is 10.2 Å². The molecule has 0 saturated carbocycles. The summed E-state index contributed by atoms with van der Waals surface area (Å²) in [5.74, 6) is -1.35. The third-order valence-corrected chi connectivity index (χ3v) is 6.30. The van der Waals surface area contributed by atoms with Crippen LogP contribution < -0.4 is 0 Å². The highest BCUT2D eigenvalue weighted by atomic mass is 79.9. The van der Waals surface area contributed by atoms with Crippen LogP contribution in [0, 0.1) is 0 Å². The molecule has 2 aliphatic heterocycles. The fraction of sp³-hybridized carbons (Fsp3) is 0.667. The van der Waals surface area contributed by atoms with Gasteiger partial charge in [-0.25, -0.2) is 4.79 Å². The van der Waals surface area contributed by atoms with E-state index in [1.807, 2.05) is 0 Å². The predicted octanol–water partition coefficient (Wildman–Crippen LogP) is 1.82. The Morgan fingerprint density at radius 2 is 2.32 bits per heavy atom. The van der Waals surface area contributed by atoms with E-state index in [-0.39, 0.29) is 22.7 Å². The number of ether oxygens (including phenoxy) is 1. The first kappa shape index (κ1) is 14.9. The summed E-state index contributed by atoms with van der Waals surface area (Å²) in [5.41, 5.74) is -1.60. The molecule has 2 rings (SSSR count). The summed E-state index contributed by atoms with van der Waals surface area (Å²) in [5, 5.41) is 9.46. The molecule has 1 amide bonds. The number of carboxylic acids is 1. The lowest BCUT2D eigenvalue weighted by Crippen LogP contribution is -2.72. The van der Waals surface area contributed by atoms with Gasteiger partial charge in [-0.1, -0.05) is 22.0 Å². The fourth-order valence-electron chi connectivity index (χ4n) is 2.50. The molecule has 2 heterocycles. The Balaban J connectivity index is 2.36. The van der Waals surface area contributed by atoms with Gasteiger partial charge in [0.15, 0.2) is 0 Å². The van der Waals surface area contributed by atoms with E-state index in [9.17, 15) is 14.7 Å². The molecule has 3 atom stereocenters. The second-order valence-corrected chi connectivity index (χ2v) is 7.73.